The van der Waals surface area contributed by atoms with Crippen LogP contribution in [-0.2, 0) is 0 Å². The maximum atomic E-state index is 5.63. The highest BCUT2D eigenvalue weighted by molar-refractivity contribution is 5.29. The van der Waals surface area contributed by atoms with E-state index in [2.05, 4.69) is 46.1 Å². The lowest BCUT2D eigenvalue weighted by Gasteiger charge is -2.10. The van der Waals surface area contributed by atoms with Crippen LogP contribution in [0.15, 0.2) is 18.5 Å². The smallest absolute Gasteiger partial charge is 0.323 e. The quantitative estimate of drug-likeness (QED) is 0.803. The zero-order valence-electron chi connectivity index (χ0n) is 12.8. The fourth-order valence-corrected chi connectivity index (χ4v) is 1.60. The first-order chi connectivity index (χ1) is 10.2. The summed E-state index contributed by atoms with van der Waals surface area (Å²) in [7, 11) is 0. The number of hydrogen-bond acceptors (Lipinski definition) is 6. The molecule has 0 fully saturated rings. The van der Waals surface area contributed by atoms with Crippen molar-refractivity contribution in [1.82, 2.24) is 24.7 Å². The molecule has 0 saturated heterocycles. The maximum Gasteiger partial charge on any atom is 0.323 e. The van der Waals surface area contributed by atoms with Gasteiger partial charge in [-0.3, -0.25) is 0 Å². The lowest BCUT2D eigenvalue weighted by Crippen LogP contribution is -2.12. The van der Waals surface area contributed by atoms with Gasteiger partial charge in [0, 0.05) is 18.9 Å². The largest absolute Gasteiger partial charge is 0.463 e. The van der Waals surface area contributed by atoms with Gasteiger partial charge < -0.3 is 10.1 Å². The second-order valence-electron chi connectivity index (χ2n) is 5.15. The van der Waals surface area contributed by atoms with Crippen molar-refractivity contribution in [2.75, 3.05) is 18.5 Å². The molecule has 7 nitrogen and oxygen atoms in total. The molecule has 2 heterocycles. The molecule has 0 radical (unpaired) electrons. The Morgan fingerprint density at radius 1 is 1.29 bits per heavy atom. The lowest BCUT2D eigenvalue weighted by molar-refractivity contribution is 0.267. The summed E-state index contributed by atoms with van der Waals surface area (Å²) in [6, 6.07) is 2.15. The molecule has 2 aromatic heterocycles. The maximum absolute atomic E-state index is 5.63. The molecule has 7 heteroatoms. The predicted molar refractivity (Wildman–Crippen MR) is 80.7 cm³/mol. The standard InChI is InChI=1S/C14H22N6O/c1-4-7-15-12-17-13(20-9-5-8-16-20)19-14(18-12)21-10-6-11(2)3/h5,8-9,11H,4,6-7,10H2,1-3H3,(H,15,17,18,19). The van der Waals surface area contributed by atoms with Crippen LogP contribution in [0.4, 0.5) is 5.95 Å². The first-order valence-electron chi connectivity index (χ1n) is 7.31. The molecule has 0 atom stereocenters. The molecule has 2 aromatic rings. The summed E-state index contributed by atoms with van der Waals surface area (Å²) in [5.74, 6) is 1.54. The number of nitrogens with one attached hydrogen (secondary N) is 1. The van der Waals surface area contributed by atoms with Crippen molar-refractivity contribution in [2.24, 2.45) is 5.92 Å². The van der Waals surface area contributed by atoms with Crippen LogP contribution in [0.3, 0.4) is 0 Å². The predicted octanol–water partition coefficient (Wildman–Crippen LogP) is 2.30. The van der Waals surface area contributed by atoms with Gasteiger partial charge in [0.1, 0.15) is 0 Å². The molecule has 0 aliphatic heterocycles. The minimum absolute atomic E-state index is 0.328. The summed E-state index contributed by atoms with van der Waals surface area (Å²) in [6.45, 7) is 7.78. The first kappa shape index (κ1) is 15.2. The fraction of sp³-hybridized carbons (Fsp3) is 0.571. The van der Waals surface area contributed by atoms with E-state index in [9.17, 15) is 0 Å². The number of anilines is 1. The van der Waals surface area contributed by atoms with E-state index in [1.807, 2.05) is 6.07 Å². The molecule has 2 rings (SSSR count). The molecule has 0 aliphatic rings. The zero-order chi connectivity index (χ0) is 15.1. The Hall–Kier alpha value is -2.18. The average molecular weight is 290 g/mol. The van der Waals surface area contributed by atoms with E-state index in [0.717, 1.165) is 19.4 Å². The number of hydrogen-bond donors (Lipinski definition) is 1. The summed E-state index contributed by atoms with van der Waals surface area (Å²) in [6.07, 6.45) is 5.42. The van der Waals surface area contributed by atoms with Crippen LogP contribution in [0.1, 0.15) is 33.6 Å². The number of aromatic nitrogens is 5. The van der Waals surface area contributed by atoms with Crippen molar-refractivity contribution < 1.29 is 4.74 Å². The molecule has 0 saturated carbocycles. The second kappa shape index (κ2) is 7.56. The molecule has 1 N–H and O–H groups in total. The number of nitrogens with zero attached hydrogens (tertiary/aromatic N) is 5. The summed E-state index contributed by atoms with van der Waals surface area (Å²) in [5, 5.41) is 7.29. The average Bonchev–Trinajstić information content (AvgIpc) is 2.99. The SMILES string of the molecule is CCCNc1nc(OCCC(C)C)nc(-n2cccn2)n1. The summed E-state index contributed by atoms with van der Waals surface area (Å²) in [4.78, 5) is 12.9. The third kappa shape index (κ3) is 4.70. The number of ether oxygens (including phenoxy) is 1. The fourth-order valence-electron chi connectivity index (χ4n) is 1.60. The monoisotopic (exact) mass is 290 g/mol. The van der Waals surface area contributed by atoms with E-state index in [-0.39, 0.29) is 0 Å². The van der Waals surface area contributed by atoms with Gasteiger partial charge in [0.05, 0.1) is 6.61 Å². The summed E-state index contributed by atoms with van der Waals surface area (Å²) >= 11 is 0. The van der Waals surface area contributed by atoms with Crippen molar-refractivity contribution >= 4 is 5.95 Å². The van der Waals surface area contributed by atoms with E-state index >= 15 is 0 Å². The van der Waals surface area contributed by atoms with Crippen LogP contribution in [0, 0.1) is 5.92 Å². The van der Waals surface area contributed by atoms with Crippen LogP contribution in [-0.4, -0.2) is 37.9 Å². The highest BCUT2D eigenvalue weighted by Crippen LogP contribution is 2.11. The van der Waals surface area contributed by atoms with E-state index in [1.54, 1.807) is 17.1 Å². The van der Waals surface area contributed by atoms with E-state index in [1.165, 1.54) is 0 Å². The zero-order valence-corrected chi connectivity index (χ0v) is 12.8. The van der Waals surface area contributed by atoms with Crippen molar-refractivity contribution in [1.29, 1.82) is 0 Å². The van der Waals surface area contributed by atoms with Crippen LogP contribution in [0.25, 0.3) is 5.95 Å². The molecule has 0 unspecified atom stereocenters. The second-order valence-corrected chi connectivity index (χ2v) is 5.15. The van der Waals surface area contributed by atoms with Crippen LogP contribution >= 0.6 is 0 Å². The van der Waals surface area contributed by atoms with Crippen molar-refractivity contribution in [3.63, 3.8) is 0 Å². The van der Waals surface area contributed by atoms with Crippen LogP contribution in [0.5, 0.6) is 6.01 Å². The van der Waals surface area contributed by atoms with Gasteiger partial charge in [-0.25, -0.2) is 4.68 Å². The Bertz CT molecular complexity index is 540. The van der Waals surface area contributed by atoms with Gasteiger partial charge in [0.2, 0.25) is 5.95 Å². The van der Waals surface area contributed by atoms with Gasteiger partial charge in [-0.1, -0.05) is 20.8 Å². The minimum atomic E-state index is 0.328. The Morgan fingerprint density at radius 3 is 2.81 bits per heavy atom. The van der Waals surface area contributed by atoms with Gasteiger partial charge >= 0.3 is 6.01 Å². The third-order valence-corrected chi connectivity index (χ3v) is 2.77. The topological polar surface area (TPSA) is 77.8 Å². The molecular formula is C14H22N6O. The minimum Gasteiger partial charge on any atom is -0.463 e. The first-order valence-corrected chi connectivity index (χ1v) is 7.31. The van der Waals surface area contributed by atoms with Gasteiger partial charge in [0.15, 0.2) is 0 Å². The van der Waals surface area contributed by atoms with E-state index < -0.39 is 0 Å². The van der Waals surface area contributed by atoms with E-state index in [0.29, 0.717) is 30.4 Å². The highest BCUT2D eigenvalue weighted by Gasteiger charge is 2.09. The van der Waals surface area contributed by atoms with Gasteiger partial charge in [-0.15, -0.1) is 0 Å². The molecule has 0 aliphatic carbocycles. The Kier molecular flexibility index (Phi) is 5.48. The van der Waals surface area contributed by atoms with Gasteiger partial charge in [-0.2, -0.15) is 20.1 Å². The van der Waals surface area contributed by atoms with Gasteiger partial charge in [-0.05, 0) is 24.8 Å². The highest BCUT2D eigenvalue weighted by atomic mass is 16.5. The van der Waals surface area contributed by atoms with Crippen molar-refractivity contribution in [3.05, 3.63) is 18.5 Å². The molecule has 0 bridgehead atoms. The molecule has 0 spiro atoms. The van der Waals surface area contributed by atoms with Crippen molar-refractivity contribution in [2.45, 2.75) is 33.6 Å². The van der Waals surface area contributed by atoms with Crippen molar-refractivity contribution in [3.8, 4) is 12.0 Å². The van der Waals surface area contributed by atoms with Crippen LogP contribution in [0.2, 0.25) is 0 Å². The van der Waals surface area contributed by atoms with E-state index in [4.69, 9.17) is 4.74 Å². The molecule has 21 heavy (non-hydrogen) atoms. The molecule has 0 amide bonds. The normalized spacial score (nSPS) is 10.9. The summed E-state index contributed by atoms with van der Waals surface area (Å²) < 4.78 is 7.22. The third-order valence-electron chi connectivity index (χ3n) is 2.77. The van der Waals surface area contributed by atoms with Crippen LogP contribution < -0.4 is 10.1 Å². The Balaban J connectivity index is 2.16. The van der Waals surface area contributed by atoms with Gasteiger partial charge in [0.25, 0.3) is 5.95 Å². The Labute approximate surface area is 124 Å². The summed E-state index contributed by atoms with van der Waals surface area (Å²) in [5.41, 5.74) is 0. The lowest BCUT2D eigenvalue weighted by atomic mass is 10.1. The molecular weight excluding hydrogens is 268 g/mol. The number of rotatable bonds is 8. The molecule has 114 valence electrons. The molecule has 0 aromatic carbocycles. The Morgan fingerprint density at radius 2 is 2.14 bits per heavy atom.